The van der Waals surface area contributed by atoms with Crippen LogP contribution in [-0.2, 0) is 13.1 Å². The molecular formula is C17H18N2O. The number of hydrogen-bond acceptors (Lipinski definition) is 3. The summed E-state index contributed by atoms with van der Waals surface area (Å²) in [7, 11) is 3.74. The minimum Gasteiger partial charge on any atom is -0.497 e. The van der Waals surface area contributed by atoms with E-state index in [1.165, 1.54) is 5.56 Å². The Morgan fingerprint density at radius 2 is 1.70 bits per heavy atom. The molecule has 0 spiro atoms. The fourth-order valence-corrected chi connectivity index (χ4v) is 2.19. The van der Waals surface area contributed by atoms with Crippen molar-refractivity contribution in [2.75, 3.05) is 14.2 Å². The second kappa shape index (κ2) is 6.74. The van der Waals surface area contributed by atoms with E-state index in [2.05, 4.69) is 24.1 Å². The van der Waals surface area contributed by atoms with Gasteiger partial charge in [-0.15, -0.1) is 0 Å². The summed E-state index contributed by atoms with van der Waals surface area (Å²) in [5.74, 6) is 0.877. The van der Waals surface area contributed by atoms with Gasteiger partial charge in [-0.25, -0.2) is 0 Å². The smallest absolute Gasteiger partial charge is 0.119 e. The van der Waals surface area contributed by atoms with Crippen LogP contribution < -0.4 is 4.74 Å². The van der Waals surface area contributed by atoms with Crippen molar-refractivity contribution in [1.29, 1.82) is 5.26 Å². The van der Waals surface area contributed by atoms with E-state index in [4.69, 9.17) is 10.00 Å². The number of ether oxygens (including phenoxy) is 1. The molecule has 20 heavy (non-hydrogen) atoms. The van der Waals surface area contributed by atoms with Crippen molar-refractivity contribution in [3.05, 3.63) is 65.2 Å². The number of hydrogen-bond donors (Lipinski definition) is 0. The largest absolute Gasteiger partial charge is 0.497 e. The first-order valence-electron chi connectivity index (χ1n) is 6.52. The van der Waals surface area contributed by atoms with Gasteiger partial charge in [0, 0.05) is 13.1 Å². The molecular weight excluding hydrogens is 248 g/mol. The van der Waals surface area contributed by atoms with Gasteiger partial charge in [-0.1, -0.05) is 24.3 Å². The van der Waals surface area contributed by atoms with Gasteiger partial charge >= 0.3 is 0 Å². The van der Waals surface area contributed by atoms with Gasteiger partial charge in [-0.2, -0.15) is 5.26 Å². The predicted molar refractivity (Wildman–Crippen MR) is 79.3 cm³/mol. The van der Waals surface area contributed by atoms with Crippen molar-refractivity contribution < 1.29 is 4.74 Å². The maximum Gasteiger partial charge on any atom is 0.119 e. The van der Waals surface area contributed by atoms with Crippen LogP contribution in [0.1, 0.15) is 16.7 Å². The van der Waals surface area contributed by atoms with Gasteiger partial charge in [0.05, 0.1) is 18.7 Å². The second-order valence-corrected chi connectivity index (χ2v) is 4.84. The van der Waals surface area contributed by atoms with Gasteiger partial charge in [0.15, 0.2) is 0 Å². The van der Waals surface area contributed by atoms with Crippen LogP contribution in [0.3, 0.4) is 0 Å². The number of nitrogens with zero attached hydrogens (tertiary/aromatic N) is 2. The molecule has 0 aliphatic heterocycles. The number of rotatable bonds is 5. The standard InChI is InChI=1S/C17H18N2O/c1-19(12-15-6-3-5-14(9-15)11-18)13-16-7-4-8-17(10-16)20-2/h3-10H,12-13H2,1-2H3. The Labute approximate surface area is 120 Å². The Balaban J connectivity index is 2.01. The fraction of sp³-hybridized carbons (Fsp3) is 0.235. The highest BCUT2D eigenvalue weighted by atomic mass is 16.5. The highest BCUT2D eigenvalue weighted by Gasteiger charge is 2.03. The normalized spacial score (nSPS) is 10.3. The molecule has 0 bridgehead atoms. The first-order chi connectivity index (χ1) is 9.71. The topological polar surface area (TPSA) is 36.3 Å². The highest BCUT2D eigenvalue weighted by molar-refractivity contribution is 5.33. The molecule has 0 aliphatic carbocycles. The quantitative estimate of drug-likeness (QED) is 0.833. The van der Waals surface area contributed by atoms with Crippen LogP contribution >= 0.6 is 0 Å². The van der Waals surface area contributed by atoms with Gasteiger partial charge in [-0.3, -0.25) is 4.90 Å². The summed E-state index contributed by atoms with van der Waals surface area (Å²) < 4.78 is 5.23. The van der Waals surface area contributed by atoms with Crippen LogP contribution in [0.2, 0.25) is 0 Å². The Hall–Kier alpha value is -2.31. The zero-order chi connectivity index (χ0) is 14.4. The number of benzene rings is 2. The van der Waals surface area contributed by atoms with Crippen LogP contribution in [0.4, 0.5) is 0 Å². The summed E-state index contributed by atoms with van der Waals surface area (Å²) in [6, 6.07) is 18.0. The maximum absolute atomic E-state index is 8.91. The van der Waals surface area contributed by atoms with E-state index in [9.17, 15) is 0 Å². The zero-order valence-electron chi connectivity index (χ0n) is 11.8. The van der Waals surface area contributed by atoms with Crippen LogP contribution in [0.25, 0.3) is 0 Å². The van der Waals surface area contributed by atoms with E-state index in [1.807, 2.05) is 42.5 Å². The lowest BCUT2D eigenvalue weighted by Crippen LogP contribution is -2.17. The fourth-order valence-electron chi connectivity index (χ4n) is 2.19. The summed E-state index contributed by atoms with van der Waals surface area (Å²) in [5.41, 5.74) is 3.06. The lowest BCUT2D eigenvalue weighted by Gasteiger charge is -2.17. The Morgan fingerprint density at radius 3 is 2.35 bits per heavy atom. The average Bonchev–Trinajstić information content (AvgIpc) is 2.47. The monoisotopic (exact) mass is 266 g/mol. The van der Waals surface area contributed by atoms with Crippen LogP contribution in [0.15, 0.2) is 48.5 Å². The van der Waals surface area contributed by atoms with E-state index < -0.39 is 0 Å². The molecule has 2 rings (SSSR count). The molecule has 102 valence electrons. The number of methoxy groups -OCH3 is 1. The van der Waals surface area contributed by atoms with Crippen molar-refractivity contribution in [3.8, 4) is 11.8 Å². The van der Waals surface area contributed by atoms with E-state index >= 15 is 0 Å². The number of nitriles is 1. The lowest BCUT2D eigenvalue weighted by atomic mass is 10.1. The van der Waals surface area contributed by atoms with Gasteiger partial charge < -0.3 is 4.74 Å². The molecule has 0 aromatic heterocycles. The van der Waals surface area contributed by atoms with Crippen molar-refractivity contribution in [2.45, 2.75) is 13.1 Å². The molecule has 3 heteroatoms. The first kappa shape index (κ1) is 14.1. The summed E-state index contributed by atoms with van der Waals surface area (Å²) in [6.07, 6.45) is 0. The molecule has 0 saturated carbocycles. The SMILES string of the molecule is COc1cccc(CN(C)Cc2cccc(C#N)c2)c1. The van der Waals surface area contributed by atoms with E-state index in [1.54, 1.807) is 7.11 Å². The van der Waals surface area contributed by atoms with Crippen LogP contribution in [0.5, 0.6) is 5.75 Å². The zero-order valence-corrected chi connectivity index (χ0v) is 11.8. The molecule has 2 aromatic rings. The molecule has 0 amide bonds. The van der Waals surface area contributed by atoms with Crippen LogP contribution in [-0.4, -0.2) is 19.1 Å². The van der Waals surface area contributed by atoms with Crippen LogP contribution in [0, 0.1) is 11.3 Å². The molecule has 0 aliphatic rings. The maximum atomic E-state index is 8.91. The summed E-state index contributed by atoms with van der Waals surface area (Å²) in [5, 5.41) is 8.91. The molecule has 3 nitrogen and oxygen atoms in total. The summed E-state index contributed by atoms with van der Waals surface area (Å²) in [4.78, 5) is 2.21. The summed E-state index contributed by atoms with van der Waals surface area (Å²) >= 11 is 0. The predicted octanol–water partition coefficient (Wildman–Crippen LogP) is 3.20. The van der Waals surface area contributed by atoms with Crippen molar-refractivity contribution in [2.24, 2.45) is 0 Å². The second-order valence-electron chi connectivity index (χ2n) is 4.84. The highest BCUT2D eigenvalue weighted by Crippen LogP contribution is 2.15. The third-order valence-corrected chi connectivity index (χ3v) is 3.10. The summed E-state index contributed by atoms with van der Waals surface area (Å²) in [6.45, 7) is 1.65. The Bertz CT molecular complexity index is 616. The minimum atomic E-state index is 0.706. The van der Waals surface area contributed by atoms with Gasteiger partial charge in [0.2, 0.25) is 0 Å². The third-order valence-electron chi connectivity index (χ3n) is 3.10. The average molecular weight is 266 g/mol. The van der Waals surface area contributed by atoms with E-state index in [-0.39, 0.29) is 0 Å². The van der Waals surface area contributed by atoms with Crippen molar-refractivity contribution in [3.63, 3.8) is 0 Å². The first-order valence-corrected chi connectivity index (χ1v) is 6.52. The van der Waals surface area contributed by atoms with Gasteiger partial charge in [-0.05, 0) is 42.4 Å². The molecule has 2 aromatic carbocycles. The molecule has 0 atom stereocenters. The molecule has 0 fully saturated rings. The molecule has 0 N–H and O–H groups in total. The van der Waals surface area contributed by atoms with E-state index in [0.717, 1.165) is 24.4 Å². The molecule has 0 unspecified atom stereocenters. The van der Waals surface area contributed by atoms with Gasteiger partial charge in [0.25, 0.3) is 0 Å². The Morgan fingerprint density at radius 1 is 1.05 bits per heavy atom. The van der Waals surface area contributed by atoms with E-state index in [0.29, 0.717) is 5.56 Å². The van der Waals surface area contributed by atoms with Crippen molar-refractivity contribution in [1.82, 2.24) is 4.90 Å². The minimum absolute atomic E-state index is 0.706. The van der Waals surface area contributed by atoms with Gasteiger partial charge in [0.1, 0.15) is 5.75 Å². The van der Waals surface area contributed by atoms with Crippen molar-refractivity contribution >= 4 is 0 Å². The molecule has 0 heterocycles. The third kappa shape index (κ3) is 3.84. The molecule has 0 saturated heterocycles. The molecule has 0 radical (unpaired) electrons. The Kier molecular flexibility index (Phi) is 4.75. The lowest BCUT2D eigenvalue weighted by molar-refractivity contribution is 0.318.